The van der Waals surface area contributed by atoms with Crippen molar-refractivity contribution in [2.45, 2.75) is 18.6 Å². The predicted octanol–water partition coefficient (Wildman–Crippen LogP) is 3.30. The van der Waals surface area contributed by atoms with E-state index in [2.05, 4.69) is 0 Å². The molecule has 0 aromatic heterocycles. The molecule has 0 heterocycles. The van der Waals surface area contributed by atoms with Gasteiger partial charge in [-0.1, -0.05) is 48.5 Å². The number of halogens is 1. The van der Waals surface area contributed by atoms with Gasteiger partial charge in [0.1, 0.15) is 6.58 Å². The van der Waals surface area contributed by atoms with Gasteiger partial charge in [-0.05, 0) is 29.2 Å². The smallest absolute Gasteiger partial charge is 0.410 e. The molecule has 0 bridgehead atoms. The molecule has 1 aliphatic rings. The fourth-order valence-corrected chi connectivity index (χ4v) is 2.75. The Labute approximate surface area is 139 Å². The van der Waals surface area contributed by atoms with Crippen LogP contribution < -0.4 is 5.32 Å². The van der Waals surface area contributed by atoms with Crippen LogP contribution in [-0.2, 0) is 9.53 Å². The third-order valence-electron chi connectivity index (χ3n) is 3.93. The van der Waals surface area contributed by atoms with E-state index in [1.165, 1.54) is 0 Å². The van der Waals surface area contributed by atoms with Gasteiger partial charge in [0.25, 0.3) is 5.79 Å². The summed E-state index contributed by atoms with van der Waals surface area (Å²) in [4.78, 5) is 22.5. The average Bonchev–Trinajstić information content (AvgIpc) is 2.88. The van der Waals surface area contributed by atoms with Gasteiger partial charge in [-0.2, -0.15) is 0 Å². The molecule has 1 unspecified atom stereocenters. The number of ether oxygens (including phenoxy) is 1. The molecule has 5 nitrogen and oxygen atoms in total. The first kappa shape index (κ1) is 14.7. The van der Waals surface area contributed by atoms with Crippen molar-refractivity contribution in [1.82, 2.24) is 5.32 Å². The number of fused-ring (bicyclic) bond motifs is 3. The maximum atomic E-state index is 13.7. The summed E-state index contributed by atoms with van der Waals surface area (Å²) >= 11 is 0. The summed E-state index contributed by atoms with van der Waals surface area (Å²) in [5, 5.41) is 10.3. The lowest BCUT2D eigenvalue weighted by Gasteiger charge is -2.18. The molecular weight excluding hydrogens is 313 g/mol. The van der Waals surface area contributed by atoms with E-state index in [9.17, 15) is 14.0 Å². The number of aliphatic carboxylic acids is 1. The van der Waals surface area contributed by atoms with E-state index in [0.29, 0.717) is 6.92 Å². The van der Waals surface area contributed by atoms with Gasteiger partial charge in [0, 0.05) is 5.92 Å². The fraction of sp³-hybridized carbons (Fsp3) is 0.222. The summed E-state index contributed by atoms with van der Waals surface area (Å²) in [6.45, 7) is -0.662. The molecule has 6 heteroatoms. The second kappa shape index (κ2) is 5.96. The number of carboxylic acids is 1. The van der Waals surface area contributed by atoms with E-state index in [1.54, 1.807) is 5.32 Å². The van der Waals surface area contributed by atoms with Gasteiger partial charge < -0.3 is 9.84 Å². The van der Waals surface area contributed by atoms with Crippen LogP contribution in [0.25, 0.3) is 11.1 Å². The number of alkyl carbamates (subject to hydrolysis) is 1. The van der Waals surface area contributed by atoms with Gasteiger partial charge in [0.15, 0.2) is 0 Å². The second-order valence-electron chi connectivity index (χ2n) is 5.63. The highest BCUT2D eigenvalue weighted by Gasteiger charge is 2.36. The van der Waals surface area contributed by atoms with Gasteiger partial charge in [0.2, 0.25) is 0 Å². The molecule has 2 N–H and O–H groups in total. The van der Waals surface area contributed by atoms with Crippen molar-refractivity contribution in [1.29, 1.82) is 0 Å². The summed E-state index contributed by atoms with van der Waals surface area (Å²) in [6, 6.07) is 15.0. The van der Waals surface area contributed by atoms with Crippen LogP contribution in [0.4, 0.5) is 9.18 Å². The molecule has 0 spiro atoms. The van der Waals surface area contributed by atoms with Crippen molar-refractivity contribution < 1.29 is 25.2 Å². The Morgan fingerprint density at radius 1 is 1.21 bits per heavy atom. The number of hydrogen-bond donors (Lipinski definition) is 2. The van der Waals surface area contributed by atoms with Gasteiger partial charge in [-0.25, -0.2) is 14.0 Å². The van der Waals surface area contributed by atoms with Crippen LogP contribution in [0.5, 0.6) is 0 Å². The maximum Gasteiger partial charge on any atom is 0.410 e. The zero-order chi connectivity index (χ0) is 18.2. The second-order valence-corrected chi connectivity index (χ2v) is 5.63. The van der Waals surface area contributed by atoms with E-state index < -0.39 is 30.4 Å². The molecule has 3 rings (SSSR count). The third-order valence-corrected chi connectivity index (χ3v) is 3.93. The molecule has 0 saturated carbocycles. The van der Waals surface area contributed by atoms with E-state index >= 15 is 0 Å². The highest BCUT2D eigenvalue weighted by molar-refractivity contribution is 5.82. The highest BCUT2D eigenvalue weighted by atomic mass is 19.1. The van der Waals surface area contributed by atoms with E-state index in [1.807, 2.05) is 48.5 Å². The number of amides is 1. The molecular formula is C18H16FNO4. The van der Waals surface area contributed by atoms with Crippen LogP contribution >= 0.6 is 0 Å². The molecule has 0 aliphatic heterocycles. The number of nitrogens with one attached hydrogen (secondary N) is 1. The molecule has 2 aromatic carbocycles. The van der Waals surface area contributed by atoms with Gasteiger partial charge in [-0.3, -0.25) is 5.32 Å². The monoisotopic (exact) mass is 330 g/mol. The highest BCUT2D eigenvalue weighted by Crippen LogP contribution is 2.44. The van der Waals surface area contributed by atoms with Crippen molar-refractivity contribution in [3.63, 3.8) is 0 Å². The Morgan fingerprint density at radius 3 is 2.21 bits per heavy atom. The summed E-state index contributed by atoms with van der Waals surface area (Å²) in [5.41, 5.74) is 3.56. The minimum Gasteiger partial charge on any atom is -0.477 e. The molecule has 24 heavy (non-hydrogen) atoms. The third kappa shape index (κ3) is 2.82. The lowest BCUT2D eigenvalue weighted by atomic mass is 9.98. The molecule has 0 fully saturated rings. The minimum absolute atomic E-state index is 0.533. The Bertz CT molecular complexity index is 794. The molecule has 1 amide bonds. The Balaban J connectivity index is 1.84. The van der Waals surface area contributed by atoms with Crippen molar-refractivity contribution in [3.8, 4) is 11.1 Å². The topological polar surface area (TPSA) is 75.6 Å². The first-order chi connectivity index (χ1) is 11.8. The number of carboxylic acid groups (broad SMARTS) is 1. The number of alkyl halides is 1. The number of benzene rings is 2. The summed E-state index contributed by atoms with van der Waals surface area (Å²) < 4.78 is 26.9. The molecule has 2 atom stereocenters. The van der Waals surface area contributed by atoms with Gasteiger partial charge >= 0.3 is 12.1 Å². The molecule has 0 saturated heterocycles. The SMILES string of the molecule is [2H]C(OC(=O)N[C@](C)(F)C(=O)O)C1c2ccccc2-c2ccccc21. The van der Waals surface area contributed by atoms with Crippen LogP contribution in [0.3, 0.4) is 0 Å². The van der Waals surface area contributed by atoms with Crippen LogP contribution in [0.2, 0.25) is 0 Å². The van der Waals surface area contributed by atoms with Gasteiger partial charge in [-0.15, -0.1) is 0 Å². The van der Waals surface area contributed by atoms with Crippen LogP contribution in [0.15, 0.2) is 48.5 Å². The normalized spacial score (nSPS) is 17.0. The van der Waals surface area contributed by atoms with Gasteiger partial charge in [0.05, 0.1) is 1.37 Å². The number of carbonyl (C=O) groups is 2. The van der Waals surface area contributed by atoms with Crippen molar-refractivity contribution in [2.75, 3.05) is 6.58 Å². The van der Waals surface area contributed by atoms with Crippen molar-refractivity contribution >= 4 is 12.1 Å². The number of hydrogen-bond acceptors (Lipinski definition) is 3. The van der Waals surface area contributed by atoms with E-state index in [4.69, 9.17) is 11.2 Å². The zero-order valence-corrected chi connectivity index (χ0v) is 12.8. The first-order valence-corrected chi connectivity index (χ1v) is 7.33. The van der Waals surface area contributed by atoms with Crippen molar-refractivity contribution in [3.05, 3.63) is 59.7 Å². The summed E-state index contributed by atoms with van der Waals surface area (Å²) in [7, 11) is 0. The number of rotatable bonds is 4. The Hall–Kier alpha value is -2.89. The lowest BCUT2D eigenvalue weighted by Crippen LogP contribution is -2.48. The Morgan fingerprint density at radius 2 is 1.71 bits per heavy atom. The predicted molar refractivity (Wildman–Crippen MR) is 85.4 cm³/mol. The quantitative estimate of drug-likeness (QED) is 0.844. The Kier molecular flexibility index (Phi) is 3.65. The standard InChI is InChI=1S/C18H16FNO4/c1-18(19,16(21)22)20-17(23)24-10-15-13-8-4-2-6-11(13)12-7-3-5-9-14(12)15/h2-9,15H,10H2,1H3,(H,20,23)(H,21,22)/t18-/m0/s1/i10D/t10?,18-. The molecule has 124 valence electrons. The maximum absolute atomic E-state index is 13.7. The number of carbonyl (C=O) groups excluding carboxylic acids is 1. The van der Waals surface area contributed by atoms with Crippen LogP contribution in [-0.4, -0.2) is 29.5 Å². The molecule has 0 radical (unpaired) electrons. The molecule has 1 aliphatic carbocycles. The fourth-order valence-electron chi connectivity index (χ4n) is 2.75. The van der Waals surface area contributed by atoms with E-state index in [0.717, 1.165) is 22.3 Å². The zero-order valence-electron chi connectivity index (χ0n) is 13.8. The van der Waals surface area contributed by atoms with E-state index in [-0.39, 0.29) is 0 Å². The van der Waals surface area contributed by atoms with Crippen molar-refractivity contribution in [2.24, 2.45) is 0 Å². The first-order valence-electron chi connectivity index (χ1n) is 7.90. The van der Waals surface area contributed by atoms with Crippen LogP contribution in [0, 0.1) is 0 Å². The minimum atomic E-state index is -2.97. The average molecular weight is 330 g/mol. The summed E-state index contributed by atoms with van der Waals surface area (Å²) in [6.07, 6.45) is -1.30. The van der Waals surface area contributed by atoms with Crippen LogP contribution in [0.1, 0.15) is 25.3 Å². The largest absolute Gasteiger partial charge is 0.477 e. The lowest BCUT2D eigenvalue weighted by molar-refractivity contribution is -0.151. The summed E-state index contributed by atoms with van der Waals surface area (Å²) in [5.74, 6) is -5.35. The molecule has 2 aromatic rings.